The lowest BCUT2D eigenvalue weighted by Gasteiger charge is -2.39. The first-order valence-corrected chi connectivity index (χ1v) is 5.40. The van der Waals surface area contributed by atoms with E-state index in [0.29, 0.717) is 6.04 Å². The van der Waals surface area contributed by atoms with E-state index in [9.17, 15) is 0 Å². The number of hydrogen-bond donors (Lipinski definition) is 1. The van der Waals surface area contributed by atoms with Crippen molar-refractivity contribution in [3.63, 3.8) is 0 Å². The Hall–Kier alpha value is -0.120. The molecule has 0 radical (unpaired) electrons. The first kappa shape index (κ1) is 8.21. The number of fused-ring (bicyclic) bond motifs is 3. The maximum atomic E-state index is 5.81. The van der Waals surface area contributed by atoms with Crippen LogP contribution in [0.5, 0.6) is 0 Å². The Bertz CT molecular complexity index is 197. The SMILES string of the molecule is C1CC2CCC(N1)C1(C2)OCCO1. The minimum absolute atomic E-state index is 0.237. The van der Waals surface area contributed by atoms with Gasteiger partial charge in [-0.05, 0) is 31.7 Å². The third-order valence-corrected chi connectivity index (χ3v) is 3.69. The molecule has 4 aliphatic rings. The zero-order valence-corrected chi connectivity index (χ0v) is 7.92. The smallest absolute Gasteiger partial charge is 0.184 e. The summed E-state index contributed by atoms with van der Waals surface area (Å²) in [6.07, 6.45) is 4.99. The second kappa shape index (κ2) is 2.94. The van der Waals surface area contributed by atoms with Gasteiger partial charge in [-0.1, -0.05) is 0 Å². The third kappa shape index (κ3) is 1.22. The van der Waals surface area contributed by atoms with Crippen molar-refractivity contribution >= 4 is 0 Å². The highest BCUT2D eigenvalue weighted by atomic mass is 16.7. The monoisotopic (exact) mass is 183 g/mol. The molecule has 3 aliphatic heterocycles. The highest BCUT2D eigenvalue weighted by molar-refractivity contribution is 4.97. The Labute approximate surface area is 78.8 Å². The molecule has 13 heavy (non-hydrogen) atoms. The van der Waals surface area contributed by atoms with Crippen LogP contribution in [0.25, 0.3) is 0 Å². The molecule has 3 heteroatoms. The van der Waals surface area contributed by atoms with Crippen LogP contribution >= 0.6 is 0 Å². The van der Waals surface area contributed by atoms with Crippen LogP contribution in [0, 0.1) is 5.92 Å². The first-order chi connectivity index (χ1) is 6.39. The van der Waals surface area contributed by atoms with Gasteiger partial charge in [-0.3, -0.25) is 0 Å². The minimum Gasteiger partial charge on any atom is -0.346 e. The van der Waals surface area contributed by atoms with Crippen LogP contribution < -0.4 is 5.32 Å². The standard InChI is InChI=1S/C10H17NO2/c1-2-9-10(12-5-6-13-10)7-8(1)3-4-11-9/h8-9,11H,1-7H2. The molecule has 0 amide bonds. The quantitative estimate of drug-likeness (QED) is 0.605. The highest BCUT2D eigenvalue weighted by Crippen LogP contribution is 2.41. The Balaban J connectivity index is 1.87. The lowest BCUT2D eigenvalue weighted by molar-refractivity contribution is -0.199. The molecule has 3 heterocycles. The van der Waals surface area contributed by atoms with Crippen LogP contribution in [0.2, 0.25) is 0 Å². The molecular formula is C10H17NO2. The largest absolute Gasteiger partial charge is 0.346 e. The van der Waals surface area contributed by atoms with E-state index in [0.717, 1.165) is 32.1 Å². The van der Waals surface area contributed by atoms with E-state index < -0.39 is 0 Å². The summed E-state index contributed by atoms with van der Waals surface area (Å²) in [6, 6.07) is 0.453. The molecule has 3 nitrogen and oxygen atoms in total. The van der Waals surface area contributed by atoms with Gasteiger partial charge < -0.3 is 14.8 Å². The molecule has 2 atom stereocenters. The molecule has 1 N–H and O–H groups in total. The molecule has 1 spiro atoms. The molecule has 0 aromatic rings. The first-order valence-electron chi connectivity index (χ1n) is 5.40. The van der Waals surface area contributed by atoms with E-state index in [1.54, 1.807) is 0 Å². The summed E-state index contributed by atoms with van der Waals surface area (Å²) in [5.41, 5.74) is 0. The molecule has 0 aromatic carbocycles. The Morgan fingerprint density at radius 2 is 1.92 bits per heavy atom. The maximum Gasteiger partial charge on any atom is 0.184 e. The summed E-state index contributed by atoms with van der Waals surface area (Å²) in [5, 5.41) is 3.56. The van der Waals surface area contributed by atoms with E-state index in [4.69, 9.17) is 9.47 Å². The van der Waals surface area contributed by atoms with Gasteiger partial charge in [0.15, 0.2) is 5.79 Å². The summed E-state index contributed by atoms with van der Waals surface area (Å²) in [4.78, 5) is 0. The molecular weight excluding hydrogens is 166 g/mol. The molecule has 4 fully saturated rings. The van der Waals surface area contributed by atoms with Gasteiger partial charge in [-0.25, -0.2) is 0 Å². The molecule has 0 aromatic heterocycles. The second-order valence-electron chi connectivity index (χ2n) is 4.45. The van der Waals surface area contributed by atoms with Gasteiger partial charge in [0, 0.05) is 6.42 Å². The van der Waals surface area contributed by atoms with Crippen molar-refractivity contribution < 1.29 is 9.47 Å². The normalized spacial score (nSPS) is 42.5. The summed E-state index contributed by atoms with van der Waals surface area (Å²) in [7, 11) is 0. The van der Waals surface area contributed by atoms with Crippen LogP contribution in [0.1, 0.15) is 25.7 Å². The lowest BCUT2D eigenvalue weighted by atomic mass is 9.82. The molecule has 4 rings (SSSR count). The predicted molar refractivity (Wildman–Crippen MR) is 48.4 cm³/mol. The summed E-state index contributed by atoms with van der Waals surface area (Å²) >= 11 is 0. The second-order valence-corrected chi connectivity index (χ2v) is 4.45. The van der Waals surface area contributed by atoms with Gasteiger partial charge >= 0.3 is 0 Å². The van der Waals surface area contributed by atoms with E-state index in [1.165, 1.54) is 19.3 Å². The van der Waals surface area contributed by atoms with Crippen molar-refractivity contribution in [1.82, 2.24) is 5.32 Å². The zero-order valence-electron chi connectivity index (χ0n) is 7.92. The Kier molecular flexibility index (Phi) is 1.86. The summed E-state index contributed by atoms with van der Waals surface area (Å²) in [6.45, 7) is 2.71. The average Bonchev–Trinajstić information content (AvgIpc) is 2.39. The third-order valence-electron chi connectivity index (χ3n) is 3.69. The minimum atomic E-state index is -0.237. The van der Waals surface area contributed by atoms with Crippen molar-refractivity contribution in [1.29, 1.82) is 0 Å². The van der Waals surface area contributed by atoms with Gasteiger partial charge in [-0.15, -0.1) is 0 Å². The summed E-state index contributed by atoms with van der Waals surface area (Å²) < 4.78 is 11.6. The van der Waals surface area contributed by atoms with Crippen LogP contribution in [0.4, 0.5) is 0 Å². The van der Waals surface area contributed by atoms with E-state index >= 15 is 0 Å². The van der Waals surface area contributed by atoms with Crippen LogP contribution in [-0.2, 0) is 9.47 Å². The topological polar surface area (TPSA) is 30.5 Å². The number of rotatable bonds is 0. The molecule has 1 saturated carbocycles. The van der Waals surface area contributed by atoms with Crippen molar-refractivity contribution in [3.8, 4) is 0 Å². The van der Waals surface area contributed by atoms with Gasteiger partial charge in [0.1, 0.15) is 0 Å². The molecule has 74 valence electrons. The van der Waals surface area contributed by atoms with Crippen molar-refractivity contribution in [2.45, 2.75) is 37.5 Å². The fourth-order valence-electron chi connectivity index (χ4n) is 3.02. The fourth-order valence-corrected chi connectivity index (χ4v) is 3.02. The van der Waals surface area contributed by atoms with E-state index in [-0.39, 0.29) is 5.79 Å². The molecule has 2 unspecified atom stereocenters. The van der Waals surface area contributed by atoms with Crippen LogP contribution in [-0.4, -0.2) is 31.6 Å². The van der Waals surface area contributed by atoms with E-state index in [2.05, 4.69) is 5.32 Å². The van der Waals surface area contributed by atoms with E-state index in [1.807, 2.05) is 0 Å². The van der Waals surface area contributed by atoms with Crippen LogP contribution in [0.3, 0.4) is 0 Å². The number of hydrogen-bond acceptors (Lipinski definition) is 3. The van der Waals surface area contributed by atoms with Gasteiger partial charge in [0.2, 0.25) is 0 Å². The van der Waals surface area contributed by atoms with Crippen molar-refractivity contribution in [2.75, 3.05) is 19.8 Å². The highest BCUT2D eigenvalue weighted by Gasteiger charge is 2.49. The lowest BCUT2D eigenvalue weighted by Crippen LogP contribution is -2.52. The average molecular weight is 183 g/mol. The summed E-state index contributed by atoms with van der Waals surface area (Å²) in [5.74, 6) is 0.587. The molecule has 1 aliphatic carbocycles. The van der Waals surface area contributed by atoms with Crippen molar-refractivity contribution in [3.05, 3.63) is 0 Å². The van der Waals surface area contributed by atoms with Crippen molar-refractivity contribution in [2.24, 2.45) is 5.92 Å². The molecule has 3 saturated heterocycles. The molecule has 2 bridgehead atoms. The number of ether oxygens (including phenoxy) is 2. The Morgan fingerprint density at radius 3 is 2.77 bits per heavy atom. The van der Waals surface area contributed by atoms with Gasteiger partial charge in [0.05, 0.1) is 19.3 Å². The number of nitrogens with one attached hydrogen (secondary N) is 1. The Morgan fingerprint density at radius 1 is 1.08 bits per heavy atom. The fraction of sp³-hybridized carbons (Fsp3) is 1.00. The van der Waals surface area contributed by atoms with Crippen LogP contribution in [0.15, 0.2) is 0 Å². The van der Waals surface area contributed by atoms with Gasteiger partial charge in [0.25, 0.3) is 0 Å². The zero-order chi connectivity index (χ0) is 8.73. The van der Waals surface area contributed by atoms with Gasteiger partial charge in [-0.2, -0.15) is 0 Å². The predicted octanol–water partition coefficient (Wildman–Crippen LogP) is 0.891. The maximum absolute atomic E-state index is 5.81.